The van der Waals surface area contributed by atoms with Crippen LogP contribution in [-0.2, 0) is 14.8 Å². The highest BCUT2D eigenvalue weighted by Crippen LogP contribution is 2.27. The molecule has 0 spiro atoms. The number of hydrogen-bond donors (Lipinski definition) is 1. The molecule has 1 heterocycles. The second-order valence-electron chi connectivity index (χ2n) is 7.38. The molecule has 1 aliphatic heterocycles. The Labute approximate surface area is 177 Å². The summed E-state index contributed by atoms with van der Waals surface area (Å²) in [6.07, 6.45) is 1.79. The van der Waals surface area contributed by atoms with Gasteiger partial charge in [0.15, 0.2) is 0 Å². The number of carbonyl (C=O) groups is 1. The summed E-state index contributed by atoms with van der Waals surface area (Å²) in [4.78, 5) is 13.4. The predicted molar refractivity (Wildman–Crippen MR) is 118 cm³/mol. The lowest BCUT2D eigenvalue weighted by atomic mass is 9.90. The van der Waals surface area contributed by atoms with E-state index in [9.17, 15) is 13.2 Å². The van der Waals surface area contributed by atoms with Crippen molar-refractivity contribution in [3.63, 3.8) is 0 Å². The Kier molecular flexibility index (Phi) is 5.97. The first-order valence-electron chi connectivity index (χ1n) is 10.1. The minimum atomic E-state index is -3.47. The molecule has 6 heteroatoms. The normalized spacial score (nSPS) is 14.7. The first-order chi connectivity index (χ1) is 14.6. The van der Waals surface area contributed by atoms with Gasteiger partial charge in [-0.05, 0) is 48.2 Å². The molecule has 0 saturated carbocycles. The Balaban J connectivity index is 1.56. The highest BCUT2D eigenvalue weighted by molar-refractivity contribution is 7.89. The van der Waals surface area contributed by atoms with Gasteiger partial charge >= 0.3 is 0 Å². The van der Waals surface area contributed by atoms with E-state index in [1.807, 2.05) is 60.7 Å². The number of anilines is 1. The Morgan fingerprint density at radius 1 is 0.767 bits per heavy atom. The Morgan fingerprint density at radius 2 is 1.27 bits per heavy atom. The minimum absolute atomic E-state index is 0.164. The molecule has 3 aromatic carbocycles. The first-order valence-corrected chi connectivity index (χ1v) is 11.5. The van der Waals surface area contributed by atoms with Crippen molar-refractivity contribution < 1.29 is 13.2 Å². The van der Waals surface area contributed by atoms with E-state index in [1.165, 1.54) is 4.31 Å². The third kappa shape index (κ3) is 4.30. The maximum Gasteiger partial charge on any atom is 0.243 e. The van der Waals surface area contributed by atoms with Gasteiger partial charge in [0.1, 0.15) is 0 Å². The van der Waals surface area contributed by atoms with Crippen LogP contribution in [-0.4, -0.2) is 31.7 Å². The molecule has 0 unspecified atom stereocenters. The zero-order valence-corrected chi connectivity index (χ0v) is 17.4. The van der Waals surface area contributed by atoms with Gasteiger partial charge < -0.3 is 5.32 Å². The molecule has 0 radical (unpaired) electrons. The average molecular weight is 421 g/mol. The van der Waals surface area contributed by atoms with E-state index in [-0.39, 0.29) is 10.8 Å². The van der Waals surface area contributed by atoms with Gasteiger partial charge in [-0.25, -0.2) is 8.42 Å². The van der Waals surface area contributed by atoms with Crippen LogP contribution in [0.1, 0.15) is 29.9 Å². The van der Waals surface area contributed by atoms with Crippen LogP contribution in [0, 0.1) is 0 Å². The van der Waals surface area contributed by atoms with Crippen LogP contribution in [0.15, 0.2) is 89.8 Å². The molecule has 1 saturated heterocycles. The van der Waals surface area contributed by atoms with Crippen molar-refractivity contribution in [3.05, 3.63) is 96.1 Å². The average Bonchev–Trinajstić information content (AvgIpc) is 3.32. The molecule has 1 N–H and O–H groups in total. The quantitative estimate of drug-likeness (QED) is 0.649. The summed E-state index contributed by atoms with van der Waals surface area (Å²) in [5.74, 6) is -0.622. The van der Waals surface area contributed by atoms with Gasteiger partial charge in [0.05, 0.1) is 10.8 Å². The van der Waals surface area contributed by atoms with E-state index in [4.69, 9.17) is 0 Å². The smallest absolute Gasteiger partial charge is 0.243 e. The minimum Gasteiger partial charge on any atom is -0.325 e. The number of nitrogens with one attached hydrogen (secondary N) is 1. The lowest BCUT2D eigenvalue weighted by Crippen LogP contribution is -2.27. The zero-order chi connectivity index (χ0) is 21.0. The third-order valence-corrected chi connectivity index (χ3v) is 7.27. The Bertz CT molecular complexity index is 1050. The Hall–Kier alpha value is -2.96. The van der Waals surface area contributed by atoms with Crippen molar-refractivity contribution in [2.24, 2.45) is 0 Å². The highest BCUT2D eigenvalue weighted by atomic mass is 32.2. The maximum absolute atomic E-state index is 13.2. The van der Waals surface area contributed by atoms with Gasteiger partial charge in [0, 0.05) is 18.8 Å². The van der Waals surface area contributed by atoms with E-state index in [0.29, 0.717) is 18.8 Å². The second-order valence-corrected chi connectivity index (χ2v) is 9.32. The molecular weight excluding hydrogens is 396 g/mol. The topological polar surface area (TPSA) is 66.5 Å². The SMILES string of the molecule is O=C(Nc1ccc(S(=O)(=O)N2CCCC2)cc1)C(c1ccccc1)c1ccccc1. The molecule has 5 nitrogen and oxygen atoms in total. The van der Waals surface area contributed by atoms with Crippen LogP contribution >= 0.6 is 0 Å². The predicted octanol–water partition coefficient (Wildman–Crippen LogP) is 4.24. The van der Waals surface area contributed by atoms with E-state index < -0.39 is 15.9 Å². The van der Waals surface area contributed by atoms with Crippen molar-refractivity contribution >= 4 is 21.6 Å². The van der Waals surface area contributed by atoms with Crippen molar-refractivity contribution in [2.45, 2.75) is 23.7 Å². The zero-order valence-electron chi connectivity index (χ0n) is 16.6. The van der Waals surface area contributed by atoms with Gasteiger partial charge in [-0.3, -0.25) is 4.79 Å². The molecule has 0 aliphatic carbocycles. The van der Waals surface area contributed by atoms with E-state index in [0.717, 1.165) is 24.0 Å². The largest absolute Gasteiger partial charge is 0.325 e. The van der Waals surface area contributed by atoms with Crippen molar-refractivity contribution in [2.75, 3.05) is 18.4 Å². The van der Waals surface area contributed by atoms with Gasteiger partial charge in [0.2, 0.25) is 15.9 Å². The van der Waals surface area contributed by atoms with Gasteiger partial charge in [-0.2, -0.15) is 4.31 Å². The molecule has 0 atom stereocenters. The number of hydrogen-bond acceptors (Lipinski definition) is 3. The fraction of sp³-hybridized carbons (Fsp3) is 0.208. The standard InChI is InChI=1S/C24H24N2O3S/c27-24(23(19-9-3-1-4-10-19)20-11-5-2-6-12-20)25-21-13-15-22(16-14-21)30(28,29)26-17-7-8-18-26/h1-6,9-16,23H,7-8,17-18H2,(H,25,27). The molecule has 0 bridgehead atoms. The fourth-order valence-electron chi connectivity index (χ4n) is 3.79. The summed E-state index contributed by atoms with van der Waals surface area (Å²) in [7, 11) is -3.47. The summed E-state index contributed by atoms with van der Waals surface area (Å²) in [5.41, 5.74) is 2.36. The molecule has 4 rings (SSSR count). The molecule has 3 aromatic rings. The fourth-order valence-corrected chi connectivity index (χ4v) is 5.31. The number of benzene rings is 3. The molecule has 0 aromatic heterocycles. The van der Waals surface area contributed by atoms with Crippen LogP contribution < -0.4 is 5.32 Å². The number of carbonyl (C=O) groups excluding carboxylic acids is 1. The molecule has 1 fully saturated rings. The molecule has 1 aliphatic rings. The summed E-state index contributed by atoms with van der Waals surface area (Å²) >= 11 is 0. The van der Waals surface area contributed by atoms with Gasteiger partial charge in [-0.1, -0.05) is 60.7 Å². The van der Waals surface area contributed by atoms with E-state index in [1.54, 1.807) is 24.3 Å². The van der Waals surface area contributed by atoms with Crippen LogP contribution in [0.5, 0.6) is 0 Å². The summed E-state index contributed by atoms with van der Waals surface area (Å²) in [5, 5.41) is 2.94. The number of amides is 1. The molecule has 1 amide bonds. The number of nitrogens with zero attached hydrogens (tertiary/aromatic N) is 1. The number of sulfonamides is 1. The van der Waals surface area contributed by atoms with Crippen LogP contribution in [0.25, 0.3) is 0 Å². The highest BCUT2D eigenvalue weighted by Gasteiger charge is 2.27. The first kappa shape index (κ1) is 20.3. The lowest BCUT2D eigenvalue weighted by Gasteiger charge is -2.18. The van der Waals surface area contributed by atoms with Crippen molar-refractivity contribution in [3.8, 4) is 0 Å². The van der Waals surface area contributed by atoms with E-state index >= 15 is 0 Å². The summed E-state index contributed by atoms with van der Waals surface area (Å²) in [6, 6.07) is 25.6. The van der Waals surface area contributed by atoms with Crippen LogP contribution in [0.4, 0.5) is 5.69 Å². The Morgan fingerprint density at radius 3 is 1.77 bits per heavy atom. The second kappa shape index (κ2) is 8.81. The van der Waals surface area contributed by atoms with Crippen molar-refractivity contribution in [1.82, 2.24) is 4.31 Å². The van der Waals surface area contributed by atoms with Crippen molar-refractivity contribution in [1.29, 1.82) is 0 Å². The van der Waals surface area contributed by atoms with Crippen LogP contribution in [0.3, 0.4) is 0 Å². The molecule has 30 heavy (non-hydrogen) atoms. The third-order valence-electron chi connectivity index (χ3n) is 5.35. The summed E-state index contributed by atoms with van der Waals surface area (Å²) < 4.78 is 26.9. The number of rotatable bonds is 6. The van der Waals surface area contributed by atoms with Crippen LogP contribution in [0.2, 0.25) is 0 Å². The van der Waals surface area contributed by atoms with Gasteiger partial charge in [0.25, 0.3) is 0 Å². The summed E-state index contributed by atoms with van der Waals surface area (Å²) in [6.45, 7) is 1.13. The molecular formula is C24H24N2O3S. The maximum atomic E-state index is 13.2. The lowest BCUT2D eigenvalue weighted by molar-refractivity contribution is -0.116. The van der Waals surface area contributed by atoms with E-state index in [2.05, 4.69) is 5.32 Å². The monoisotopic (exact) mass is 420 g/mol. The molecule has 154 valence electrons. The van der Waals surface area contributed by atoms with Gasteiger partial charge in [-0.15, -0.1) is 0 Å².